The highest BCUT2D eigenvalue weighted by Gasteiger charge is 2.93. The van der Waals surface area contributed by atoms with Crippen LogP contribution in [0.25, 0.3) is 0 Å². The van der Waals surface area contributed by atoms with Crippen molar-refractivity contribution in [1.82, 2.24) is 0 Å². The first-order valence-electron chi connectivity index (χ1n) is 9.36. The quantitative estimate of drug-likeness (QED) is 0.842. The van der Waals surface area contributed by atoms with Crippen LogP contribution in [0.3, 0.4) is 0 Å². The van der Waals surface area contributed by atoms with Crippen LogP contribution < -0.4 is 10.5 Å². The smallest absolute Gasteiger partial charge is 0.230 e. The summed E-state index contributed by atoms with van der Waals surface area (Å²) in [6.45, 7) is 0.965. The highest BCUT2D eigenvalue weighted by atomic mass is 32.2. The van der Waals surface area contributed by atoms with E-state index in [9.17, 15) is 10.5 Å². The van der Waals surface area contributed by atoms with Crippen molar-refractivity contribution in [1.29, 1.82) is 10.5 Å². The molecule has 1 aliphatic carbocycles. The Morgan fingerprint density at radius 2 is 1.90 bits per heavy atom. The molecule has 0 bridgehead atoms. The van der Waals surface area contributed by atoms with Gasteiger partial charge in [-0.2, -0.15) is 10.5 Å². The molecule has 5 rings (SSSR count). The third-order valence-electron chi connectivity index (χ3n) is 6.07. The Labute approximate surface area is 172 Å². The maximum absolute atomic E-state index is 10.2. The number of fused-ring (bicyclic) bond motifs is 2. The number of benzene rings is 2. The first kappa shape index (κ1) is 18.1. The number of nitriles is 2. The van der Waals surface area contributed by atoms with Gasteiger partial charge in [-0.1, -0.05) is 54.2 Å². The molecule has 144 valence electrons. The molecule has 7 heteroatoms. The maximum Gasteiger partial charge on any atom is 0.230 e. The second-order valence-electron chi connectivity index (χ2n) is 7.39. The van der Waals surface area contributed by atoms with E-state index in [-0.39, 0.29) is 11.8 Å². The number of hydrogen-bond acceptors (Lipinski definition) is 7. The van der Waals surface area contributed by atoms with Crippen molar-refractivity contribution < 1.29 is 9.47 Å². The van der Waals surface area contributed by atoms with Crippen molar-refractivity contribution in [2.24, 2.45) is 21.6 Å². The molecule has 2 heterocycles. The van der Waals surface area contributed by atoms with Gasteiger partial charge in [-0.05, 0) is 23.3 Å². The second kappa shape index (κ2) is 6.25. The molecule has 3 aliphatic rings. The van der Waals surface area contributed by atoms with Crippen LogP contribution in [0, 0.1) is 33.5 Å². The third kappa shape index (κ3) is 2.17. The Morgan fingerprint density at radius 3 is 2.52 bits per heavy atom. The van der Waals surface area contributed by atoms with E-state index in [0.717, 1.165) is 22.6 Å². The SMILES string of the molecule is N#C[C@@]12[C@@H](c3ccc(OCc4ccccc4)cc3)[C@]1(C#N)C(N)=N[C@@]21OCCS1. The average Bonchev–Trinajstić information content (AvgIpc) is 3.01. The summed E-state index contributed by atoms with van der Waals surface area (Å²) < 4.78 is 11.8. The summed E-state index contributed by atoms with van der Waals surface area (Å²) >= 11 is 1.46. The second-order valence-corrected chi connectivity index (χ2v) is 8.64. The lowest BCUT2D eigenvalue weighted by atomic mass is 9.95. The number of thioether (sulfide) groups is 1. The molecule has 0 aromatic heterocycles. The molecule has 1 saturated carbocycles. The number of amidine groups is 1. The van der Waals surface area contributed by atoms with Crippen molar-refractivity contribution in [3.05, 3.63) is 65.7 Å². The molecule has 6 nitrogen and oxygen atoms in total. The Kier molecular flexibility index (Phi) is 3.89. The number of nitrogens with two attached hydrogens (primary N) is 1. The van der Waals surface area contributed by atoms with Crippen molar-refractivity contribution >= 4 is 17.6 Å². The Hall–Kier alpha value is -3.00. The van der Waals surface area contributed by atoms with E-state index in [2.05, 4.69) is 17.1 Å². The minimum Gasteiger partial charge on any atom is -0.489 e. The summed E-state index contributed by atoms with van der Waals surface area (Å²) in [6, 6.07) is 22.2. The summed E-state index contributed by atoms with van der Waals surface area (Å²) in [6.07, 6.45) is 0. The van der Waals surface area contributed by atoms with Crippen molar-refractivity contribution in [3.63, 3.8) is 0 Å². The Bertz CT molecular complexity index is 1070. The molecule has 0 amide bonds. The molecule has 2 N–H and O–H groups in total. The normalized spacial score (nSPS) is 34.1. The molecule has 2 aromatic rings. The summed E-state index contributed by atoms with van der Waals surface area (Å²) in [7, 11) is 0. The fourth-order valence-corrected chi connectivity index (χ4v) is 6.04. The number of hydrogen-bond donors (Lipinski definition) is 1. The van der Waals surface area contributed by atoms with Gasteiger partial charge in [0, 0.05) is 11.7 Å². The fraction of sp³-hybridized carbons (Fsp3) is 0.318. The third-order valence-corrected chi connectivity index (χ3v) is 7.36. The lowest BCUT2D eigenvalue weighted by Gasteiger charge is -2.26. The van der Waals surface area contributed by atoms with Crippen LogP contribution >= 0.6 is 11.8 Å². The monoisotopic (exact) mass is 402 g/mol. The van der Waals surface area contributed by atoms with E-state index in [0.29, 0.717) is 13.2 Å². The van der Waals surface area contributed by atoms with Gasteiger partial charge in [-0.3, -0.25) is 0 Å². The first-order chi connectivity index (χ1) is 14.1. The van der Waals surface area contributed by atoms with E-state index in [1.165, 1.54) is 11.8 Å². The predicted molar refractivity (Wildman–Crippen MR) is 109 cm³/mol. The molecule has 2 aliphatic heterocycles. The fourth-order valence-electron chi connectivity index (χ4n) is 4.72. The summed E-state index contributed by atoms with van der Waals surface area (Å²) in [5, 5.41) is 19.1. The van der Waals surface area contributed by atoms with Crippen LogP contribution in [0.1, 0.15) is 17.0 Å². The molecule has 4 atom stereocenters. The van der Waals surface area contributed by atoms with E-state index in [1.54, 1.807) is 0 Å². The number of aliphatic imine (C=N–C) groups is 1. The molecular formula is C22H18N4O2S. The van der Waals surface area contributed by atoms with E-state index in [1.807, 2.05) is 54.6 Å². The van der Waals surface area contributed by atoms with Gasteiger partial charge in [0.1, 0.15) is 23.6 Å². The van der Waals surface area contributed by atoms with Crippen LogP contribution in [0.15, 0.2) is 59.6 Å². The van der Waals surface area contributed by atoms with E-state index >= 15 is 0 Å². The number of nitrogens with zero attached hydrogens (tertiary/aromatic N) is 3. The standard InChI is InChI=1S/C22H18N4O2S/c23-13-20-18(21(20,14-24)22(26-19(20)25)28-10-11-29-22)16-6-8-17(9-7-16)27-12-15-4-2-1-3-5-15/h1-9,18H,10-12H2,(H2,25,26)/t18-,20+,21+,22+/m0/s1. The van der Waals surface area contributed by atoms with Gasteiger partial charge in [-0.25, -0.2) is 4.99 Å². The lowest BCUT2D eigenvalue weighted by molar-refractivity contribution is 0.0200. The van der Waals surface area contributed by atoms with Gasteiger partial charge in [0.15, 0.2) is 5.41 Å². The zero-order valence-corrected chi connectivity index (χ0v) is 16.4. The van der Waals surface area contributed by atoms with Crippen LogP contribution in [0.5, 0.6) is 5.75 Å². The van der Waals surface area contributed by atoms with Gasteiger partial charge >= 0.3 is 0 Å². The van der Waals surface area contributed by atoms with Crippen LogP contribution in [0.2, 0.25) is 0 Å². The van der Waals surface area contributed by atoms with Gasteiger partial charge in [0.2, 0.25) is 5.06 Å². The summed E-state index contributed by atoms with van der Waals surface area (Å²) in [5.41, 5.74) is 5.91. The maximum atomic E-state index is 10.2. The molecule has 1 spiro atoms. The van der Waals surface area contributed by atoms with Crippen LogP contribution in [-0.4, -0.2) is 23.3 Å². The lowest BCUT2D eigenvalue weighted by Crippen LogP contribution is -2.34. The molecule has 1 saturated heterocycles. The van der Waals surface area contributed by atoms with Gasteiger partial charge in [0.05, 0.1) is 18.7 Å². The molecule has 0 radical (unpaired) electrons. The zero-order chi connectivity index (χ0) is 20.1. The van der Waals surface area contributed by atoms with Crippen molar-refractivity contribution in [3.8, 4) is 17.9 Å². The number of ether oxygens (including phenoxy) is 2. The molecule has 0 unspecified atom stereocenters. The minimum absolute atomic E-state index is 0.199. The van der Waals surface area contributed by atoms with Crippen molar-refractivity contribution in [2.45, 2.75) is 17.6 Å². The minimum atomic E-state index is -1.15. The zero-order valence-electron chi connectivity index (χ0n) is 15.5. The molecule has 2 fully saturated rings. The van der Waals surface area contributed by atoms with Gasteiger partial charge in [-0.15, -0.1) is 0 Å². The Morgan fingerprint density at radius 1 is 1.14 bits per heavy atom. The first-order valence-corrected chi connectivity index (χ1v) is 10.3. The highest BCUT2D eigenvalue weighted by Crippen LogP contribution is 2.84. The topological polar surface area (TPSA) is 104 Å². The Balaban J connectivity index is 1.44. The molecule has 29 heavy (non-hydrogen) atoms. The van der Waals surface area contributed by atoms with Crippen LogP contribution in [0.4, 0.5) is 0 Å². The largest absolute Gasteiger partial charge is 0.489 e. The molecule has 2 aromatic carbocycles. The average molecular weight is 402 g/mol. The summed E-state index contributed by atoms with van der Waals surface area (Å²) in [4.78, 5) is 4.46. The number of rotatable bonds is 4. The molecular weight excluding hydrogens is 384 g/mol. The van der Waals surface area contributed by atoms with Gasteiger partial charge in [0.25, 0.3) is 0 Å². The van der Waals surface area contributed by atoms with Crippen LogP contribution in [-0.2, 0) is 11.3 Å². The highest BCUT2D eigenvalue weighted by molar-refractivity contribution is 8.00. The van der Waals surface area contributed by atoms with Gasteiger partial charge < -0.3 is 15.2 Å². The van der Waals surface area contributed by atoms with E-state index < -0.39 is 15.9 Å². The van der Waals surface area contributed by atoms with Crippen molar-refractivity contribution in [2.75, 3.05) is 12.4 Å². The van der Waals surface area contributed by atoms with E-state index in [4.69, 9.17) is 15.2 Å². The predicted octanol–water partition coefficient (Wildman–Crippen LogP) is 3.17. The summed E-state index contributed by atoms with van der Waals surface area (Å²) in [5.74, 6) is 1.27.